The first-order valence-electron chi connectivity index (χ1n) is 8.74. The van der Waals surface area contributed by atoms with Crippen LogP contribution in [-0.2, 0) is 16.1 Å². The molecule has 1 aromatic carbocycles. The van der Waals surface area contributed by atoms with E-state index in [0.717, 1.165) is 38.5 Å². The second-order valence-electron chi connectivity index (χ2n) is 7.40. The predicted molar refractivity (Wildman–Crippen MR) is 93.0 cm³/mol. The summed E-state index contributed by atoms with van der Waals surface area (Å²) in [5, 5.41) is 0. The van der Waals surface area contributed by atoms with Crippen molar-refractivity contribution in [3.05, 3.63) is 29.8 Å². The molecule has 0 aliphatic carbocycles. The van der Waals surface area contributed by atoms with E-state index in [4.69, 9.17) is 9.47 Å². The molecule has 2 aliphatic heterocycles. The van der Waals surface area contributed by atoms with Crippen molar-refractivity contribution in [1.82, 2.24) is 9.80 Å². The highest BCUT2D eigenvalue weighted by molar-refractivity contribution is 5.79. The van der Waals surface area contributed by atoms with E-state index in [2.05, 4.69) is 30.9 Å². The van der Waals surface area contributed by atoms with Gasteiger partial charge in [0.25, 0.3) is 0 Å². The summed E-state index contributed by atoms with van der Waals surface area (Å²) in [6.07, 6.45) is 0.601. The number of methoxy groups -OCH3 is 1. The van der Waals surface area contributed by atoms with Gasteiger partial charge in [0.1, 0.15) is 5.75 Å². The fourth-order valence-electron chi connectivity index (χ4n) is 3.81. The lowest BCUT2D eigenvalue weighted by Gasteiger charge is -2.32. The minimum absolute atomic E-state index is 0.0652. The Balaban J connectivity index is 1.69. The van der Waals surface area contributed by atoms with Crippen LogP contribution in [0.1, 0.15) is 25.8 Å². The zero-order valence-electron chi connectivity index (χ0n) is 15.0. The van der Waals surface area contributed by atoms with Crippen molar-refractivity contribution in [2.24, 2.45) is 5.41 Å². The SMILES string of the molecule is COc1ccc(CN2CCOC[C@]3(CC(=O)N(C(C)C)C3)C2)cc1. The third kappa shape index (κ3) is 3.73. The number of ether oxygens (including phenoxy) is 2. The molecule has 0 aromatic heterocycles. The van der Waals surface area contributed by atoms with Gasteiger partial charge in [-0.05, 0) is 31.5 Å². The molecule has 2 fully saturated rings. The number of carbonyl (C=O) groups excluding carboxylic acids is 1. The van der Waals surface area contributed by atoms with Gasteiger partial charge >= 0.3 is 0 Å². The van der Waals surface area contributed by atoms with E-state index in [1.807, 2.05) is 17.0 Å². The fraction of sp³-hybridized carbons (Fsp3) is 0.632. The zero-order chi connectivity index (χ0) is 17.2. The summed E-state index contributed by atoms with van der Waals surface area (Å²) in [6.45, 7) is 9.09. The van der Waals surface area contributed by atoms with Crippen LogP contribution in [0.2, 0.25) is 0 Å². The molecule has 5 heteroatoms. The second kappa shape index (κ2) is 7.11. The molecular formula is C19H28N2O3. The Hall–Kier alpha value is -1.59. The molecule has 2 saturated heterocycles. The van der Waals surface area contributed by atoms with Gasteiger partial charge in [0.15, 0.2) is 0 Å². The molecule has 2 heterocycles. The van der Waals surface area contributed by atoms with E-state index < -0.39 is 0 Å². The van der Waals surface area contributed by atoms with E-state index in [1.54, 1.807) is 7.11 Å². The summed E-state index contributed by atoms with van der Waals surface area (Å²) >= 11 is 0. The van der Waals surface area contributed by atoms with Gasteiger partial charge in [0.2, 0.25) is 5.91 Å². The third-order valence-corrected chi connectivity index (χ3v) is 5.06. The summed E-state index contributed by atoms with van der Waals surface area (Å²) in [5.74, 6) is 1.14. The number of likely N-dealkylation sites (tertiary alicyclic amines) is 1. The molecule has 1 aromatic rings. The van der Waals surface area contributed by atoms with Crippen LogP contribution in [0.25, 0.3) is 0 Å². The van der Waals surface area contributed by atoms with E-state index in [-0.39, 0.29) is 17.4 Å². The number of benzene rings is 1. The fourth-order valence-corrected chi connectivity index (χ4v) is 3.81. The first-order valence-corrected chi connectivity index (χ1v) is 8.74. The Morgan fingerprint density at radius 3 is 2.62 bits per heavy atom. The molecule has 0 N–H and O–H groups in total. The van der Waals surface area contributed by atoms with E-state index in [0.29, 0.717) is 13.0 Å². The molecular weight excluding hydrogens is 304 g/mol. The van der Waals surface area contributed by atoms with E-state index in [1.165, 1.54) is 5.56 Å². The molecule has 24 heavy (non-hydrogen) atoms. The van der Waals surface area contributed by atoms with Gasteiger partial charge in [-0.1, -0.05) is 12.1 Å². The number of carbonyl (C=O) groups is 1. The standard InChI is InChI=1S/C19H28N2O3/c1-15(2)21-13-19(10-18(21)22)12-20(8-9-24-14-19)11-16-4-6-17(23-3)7-5-16/h4-7,15H,8-14H2,1-3H3/t19-/m1/s1. The van der Waals surface area contributed by atoms with Crippen LogP contribution in [0.3, 0.4) is 0 Å². The molecule has 3 rings (SSSR count). The summed E-state index contributed by atoms with van der Waals surface area (Å²) in [5.41, 5.74) is 1.20. The van der Waals surface area contributed by atoms with Gasteiger partial charge in [0, 0.05) is 44.1 Å². The number of hydrogen-bond donors (Lipinski definition) is 0. The molecule has 2 aliphatic rings. The molecule has 0 unspecified atom stereocenters. The smallest absolute Gasteiger partial charge is 0.223 e. The van der Waals surface area contributed by atoms with E-state index in [9.17, 15) is 4.79 Å². The number of nitrogens with zero attached hydrogens (tertiary/aromatic N) is 2. The molecule has 1 atom stereocenters. The topological polar surface area (TPSA) is 42.0 Å². The lowest BCUT2D eigenvalue weighted by atomic mass is 9.87. The lowest BCUT2D eigenvalue weighted by molar-refractivity contribution is -0.129. The zero-order valence-corrected chi connectivity index (χ0v) is 15.0. The molecule has 1 spiro atoms. The monoisotopic (exact) mass is 332 g/mol. The van der Waals surface area contributed by atoms with Crippen molar-refractivity contribution in [2.45, 2.75) is 32.9 Å². The van der Waals surface area contributed by atoms with Crippen LogP contribution in [0.5, 0.6) is 5.75 Å². The van der Waals surface area contributed by atoms with Crippen molar-refractivity contribution in [3.8, 4) is 5.75 Å². The molecule has 5 nitrogen and oxygen atoms in total. The van der Waals surface area contributed by atoms with Crippen molar-refractivity contribution < 1.29 is 14.3 Å². The molecule has 0 bridgehead atoms. The average Bonchev–Trinajstić information content (AvgIpc) is 2.76. The minimum Gasteiger partial charge on any atom is -0.497 e. The number of hydrogen-bond acceptors (Lipinski definition) is 4. The maximum absolute atomic E-state index is 12.4. The number of amides is 1. The Morgan fingerprint density at radius 2 is 2.00 bits per heavy atom. The third-order valence-electron chi connectivity index (χ3n) is 5.06. The van der Waals surface area contributed by atoms with Gasteiger partial charge in [0.05, 0.1) is 20.3 Å². The first kappa shape index (κ1) is 17.2. The van der Waals surface area contributed by atoms with Gasteiger partial charge in [-0.3, -0.25) is 9.69 Å². The Kier molecular flexibility index (Phi) is 5.11. The largest absolute Gasteiger partial charge is 0.497 e. The van der Waals surface area contributed by atoms with Crippen LogP contribution in [-0.4, -0.2) is 61.7 Å². The highest BCUT2D eigenvalue weighted by Gasteiger charge is 2.46. The lowest BCUT2D eigenvalue weighted by Crippen LogP contribution is -2.41. The first-order chi connectivity index (χ1) is 11.5. The maximum Gasteiger partial charge on any atom is 0.223 e. The predicted octanol–water partition coefficient (Wildman–Crippen LogP) is 2.15. The van der Waals surface area contributed by atoms with Gasteiger partial charge in [-0.15, -0.1) is 0 Å². The van der Waals surface area contributed by atoms with Crippen molar-refractivity contribution >= 4 is 5.91 Å². The summed E-state index contributed by atoms with van der Waals surface area (Å²) in [7, 11) is 1.68. The average molecular weight is 332 g/mol. The van der Waals surface area contributed by atoms with Crippen molar-refractivity contribution in [3.63, 3.8) is 0 Å². The van der Waals surface area contributed by atoms with Crippen LogP contribution < -0.4 is 4.74 Å². The van der Waals surface area contributed by atoms with Gasteiger partial charge in [-0.25, -0.2) is 0 Å². The Morgan fingerprint density at radius 1 is 1.25 bits per heavy atom. The van der Waals surface area contributed by atoms with Gasteiger partial charge in [-0.2, -0.15) is 0 Å². The van der Waals surface area contributed by atoms with E-state index >= 15 is 0 Å². The summed E-state index contributed by atoms with van der Waals surface area (Å²) in [4.78, 5) is 16.8. The molecule has 0 radical (unpaired) electrons. The molecule has 1 amide bonds. The highest BCUT2D eigenvalue weighted by atomic mass is 16.5. The van der Waals surface area contributed by atoms with Crippen molar-refractivity contribution in [2.75, 3.05) is 40.0 Å². The highest BCUT2D eigenvalue weighted by Crippen LogP contribution is 2.35. The maximum atomic E-state index is 12.4. The Labute approximate surface area is 144 Å². The van der Waals surface area contributed by atoms with Crippen molar-refractivity contribution in [1.29, 1.82) is 0 Å². The molecule has 132 valence electrons. The normalized spacial score (nSPS) is 25.5. The van der Waals surface area contributed by atoms with Gasteiger partial charge < -0.3 is 14.4 Å². The summed E-state index contributed by atoms with van der Waals surface area (Å²) < 4.78 is 11.1. The Bertz CT molecular complexity index is 572. The second-order valence-corrected chi connectivity index (χ2v) is 7.40. The van der Waals surface area contributed by atoms with Crippen LogP contribution in [0.15, 0.2) is 24.3 Å². The van der Waals surface area contributed by atoms with Crippen LogP contribution in [0.4, 0.5) is 0 Å². The molecule has 0 saturated carbocycles. The minimum atomic E-state index is -0.0652. The quantitative estimate of drug-likeness (QED) is 0.847. The van der Waals surface area contributed by atoms with Crippen LogP contribution in [0, 0.1) is 5.41 Å². The van der Waals surface area contributed by atoms with Crippen LogP contribution >= 0.6 is 0 Å². The summed E-state index contributed by atoms with van der Waals surface area (Å²) in [6, 6.07) is 8.47. The number of rotatable bonds is 4.